The van der Waals surface area contributed by atoms with Crippen molar-refractivity contribution in [3.63, 3.8) is 0 Å². The third kappa shape index (κ3) is 3.44. The van der Waals surface area contributed by atoms with Crippen molar-refractivity contribution >= 4 is 29.5 Å². The summed E-state index contributed by atoms with van der Waals surface area (Å²) in [5, 5.41) is 7.83. The fourth-order valence-corrected chi connectivity index (χ4v) is 3.37. The molecule has 5 amide bonds. The Hall–Kier alpha value is -3.46. The van der Waals surface area contributed by atoms with Crippen molar-refractivity contribution in [2.24, 2.45) is 5.11 Å². The van der Waals surface area contributed by atoms with Crippen molar-refractivity contribution < 1.29 is 24.0 Å². The van der Waals surface area contributed by atoms with Crippen LogP contribution >= 0.6 is 0 Å². The molecule has 1 saturated heterocycles. The summed E-state index contributed by atoms with van der Waals surface area (Å²) in [5.41, 5.74) is 9.22. The molecule has 1 unspecified atom stereocenters. The maximum atomic E-state index is 12.9. The minimum Gasteiger partial charge on any atom is -0.352 e. The van der Waals surface area contributed by atoms with Crippen LogP contribution in [-0.4, -0.2) is 53.6 Å². The number of nitrogens with one attached hydrogen (secondary N) is 2. The average molecular weight is 372 g/mol. The molecule has 2 N–H and O–H groups in total. The Bertz CT molecular complexity index is 867. The molecule has 0 aromatic rings. The molecule has 1 atom stereocenters. The summed E-state index contributed by atoms with van der Waals surface area (Å²) in [6.45, 7) is -0.369. The molecule has 3 aliphatic rings. The summed E-state index contributed by atoms with van der Waals surface area (Å²) in [6.07, 6.45) is 2.77. The van der Waals surface area contributed by atoms with Gasteiger partial charge < -0.3 is 5.32 Å². The lowest BCUT2D eigenvalue weighted by molar-refractivity contribution is -0.150. The van der Waals surface area contributed by atoms with Crippen LogP contribution in [0.2, 0.25) is 0 Å². The smallest absolute Gasteiger partial charge is 0.262 e. The minimum atomic E-state index is -1.02. The number of piperidine rings is 1. The van der Waals surface area contributed by atoms with E-state index in [4.69, 9.17) is 5.53 Å². The van der Waals surface area contributed by atoms with E-state index >= 15 is 0 Å². The zero-order valence-corrected chi connectivity index (χ0v) is 14.2. The van der Waals surface area contributed by atoms with Gasteiger partial charge in [-0.25, -0.2) is 0 Å². The summed E-state index contributed by atoms with van der Waals surface area (Å²) in [6, 6.07) is -1.02. The van der Waals surface area contributed by atoms with Gasteiger partial charge in [-0.15, -0.1) is 0 Å². The largest absolute Gasteiger partial charge is 0.352 e. The zero-order chi connectivity index (χ0) is 19.6. The maximum absolute atomic E-state index is 12.9. The summed E-state index contributed by atoms with van der Waals surface area (Å²) < 4.78 is 0. The first-order chi connectivity index (χ1) is 12.9. The molecule has 0 aromatic heterocycles. The molecule has 3 rings (SSSR count). The Kier molecular flexibility index (Phi) is 5.04. The van der Waals surface area contributed by atoms with E-state index in [9.17, 15) is 24.0 Å². The second-order valence-corrected chi connectivity index (χ2v) is 6.23. The summed E-state index contributed by atoms with van der Waals surface area (Å²) in [5.74, 6) is -2.74. The number of hydrogen-bond acceptors (Lipinski definition) is 6. The van der Waals surface area contributed by atoms with Crippen LogP contribution in [0.25, 0.3) is 10.4 Å². The predicted octanol–water partition coefficient (Wildman–Crippen LogP) is -0.396. The molecule has 0 saturated carbocycles. The normalized spacial score (nSPS) is 22.1. The Labute approximate surface area is 153 Å². The lowest BCUT2D eigenvalue weighted by Crippen LogP contribution is -2.54. The number of carbonyl (C=O) groups is 5. The highest BCUT2D eigenvalue weighted by Crippen LogP contribution is 2.35. The van der Waals surface area contributed by atoms with E-state index in [0.29, 0.717) is 24.0 Å². The first kappa shape index (κ1) is 18.3. The molecule has 2 aliphatic heterocycles. The van der Waals surface area contributed by atoms with Crippen LogP contribution in [0, 0.1) is 0 Å². The molecule has 140 valence electrons. The van der Waals surface area contributed by atoms with Gasteiger partial charge >= 0.3 is 0 Å². The number of rotatable bonds is 5. The van der Waals surface area contributed by atoms with Gasteiger partial charge in [0.05, 0.1) is 5.57 Å². The van der Waals surface area contributed by atoms with Crippen molar-refractivity contribution in [3.05, 3.63) is 33.2 Å². The van der Waals surface area contributed by atoms with Gasteiger partial charge in [0, 0.05) is 23.5 Å². The Morgan fingerprint density at radius 1 is 1.30 bits per heavy atom. The second-order valence-electron chi connectivity index (χ2n) is 6.23. The van der Waals surface area contributed by atoms with E-state index < -0.39 is 35.6 Å². The molecule has 0 radical (unpaired) electrons. The topological polar surface area (TPSA) is 161 Å². The zero-order valence-electron chi connectivity index (χ0n) is 14.2. The van der Waals surface area contributed by atoms with E-state index in [1.54, 1.807) is 6.08 Å². The average Bonchev–Trinajstić information content (AvgIpc) is 2.90. The van der Waals surface area contributed by atoms with Gasteiger partial charge in [0.15, 0.2) is 0 Å². The number of carbonyl (C=O) groups excluding carboxylic acids is 5. The third-order valence-electron chi connectivity index (χ3n) is 4.59. The standard InChI is InChI=1S/C16H16N6O5/c17-21-19-7-12(24)18-6-8-2-1-3-9-13(8)16(27)22(15(9)26)10-4-5-11(23)20-14(10)25/h2,10H,1,3-7H2,(H,18,24)(H,20,23,25). The van der Waals surface area contributed by atoms with E-state index in [0.717, 1.165) is 4.90 Å². The minimum absolute atomic E-state index is 0.000818. The van der Waals surface area contributed by atoms with E-state index in [1.165, 1.54) is 0 Å². The summed E-state index contributed by atoms with van der Waals surface area (Å²) in [7, 11) is 0. The molecule has 11 heteroatoms. The molecule has 0 spiro atoms. The Morgan fingerprint density at radius 3 is 2.78 bits per heavy atom. The fraction of sp³-hybridized carbons (Fsp3) is 0.438. The van der Waals surface area contributed by atoms with E-state index in [-0.39, 0.29) is 31.5 Å². The van der Waals surface area contributed by atoms with Crippen LogP contribution in [0.5, 0.6) is 0 Å². The van der Waals surface area contributed by atoms with Crippen LogP contribution < -0.4 is 10.6 Å². The molecule has 1 fully saturated rings. The maximum Gasteiger partial charge on any atom is 0.262 e. The van der Waals surface area contributed by atoms with Gasteiger partial charge in [-0.05, 0) is 30.4 Å². The van der Waals surface area contributed by atoms with Gasteiger partial charge in [0.1, 0.15) is 12.6 Å². The second kappa shape index (κ2) is 7.42. The van der Waals surface area contributed by atoms with Crippen molar-refractivity contribution in [2.45, 2.75) is 31.7 Å². The fourth-order valence-electron chi connectivity index (χ4n) is 3.37. The molecule has 0 bridgehead atoms. The molecule has 0 aromatic carbocycles. The van der Waals surface area contributed by atoms with Crippen LogP contribution in [0.3, 0.4) is 0 Å². The lowest BCUT2D eigenvalue weighted by atomic mass is 9.92. The lowest BCUT2D eigenvalue weighted by Gasteiger charge is -2.28. The summed E-state index contributed by atoms with van der Waals surface area (Å²) >= 11 is 0. The first-order valence-corrected chi connectivity index (χ1v) is 8.35. The van der Waals surface area contributed by atoms with Crippen molar-refractivity contribution in [2.75, 3.05) is 13.1 Å². The van der Waals surface area contributed by atoms with Gasteiger partial charge in [-0.1, -0.05) is 11.2 Å². The van der Waals surface area contributed by atoms with Crippen LogP contribution in [0.4, 0.5) is 0 Å². The number of amides is 5. The van der Waals surface area contributed by atoms with Crippen LogP contribution in [-0.2, 0) is 24.0 Å². The van der Waals surface area contributed by atoms with E-state index in [1.807, 2.05) is 0 Å². The van der Waals surface area contributed by atoms with Crippen molar-refractivity contribution in [1.29, 1.82) is 0 Å². The molecule has 27 heavy (non-hydrogen) atoms. The predicted molar refractivity (Wildman–Crippen MR) is 89.4 cm³/mol. The Balaban J connectivity index is 1.77. The first-order valence-electron chi connectivity index (χ1n) is 8.35. The highest BCUT2D eigenvalue weighted by Gasteiger charge is 2.47. The SMILES string of the molecule is [N-]=[N+]=NCC(=O)NCC1=CCCC2=C1C(=O)N(C1CCC(=O)NC1=O)C2=O. The highest BCUT2D eigenvalue weighted by atomic mass is 16.2. The number of allylic oxidation sites excluding steroid dienone is 1. The number of nitrogens with zero attached hydrogens (tertiary/aromatic N) is 4. The molecule has 2 heterocycles. The van der Waals surface area contributed by atoms with Crippen LogP contribution in [0.15, 0.2) is 27.9 Å². The number of imide groups is 2. The monoisotopic (exact) mass is 372 g/mol. The summed E-state index contributed by atoms with van der Waals surface area (Å²) in [4.78, 5) is 64.0. The van der Waals surface area contributed by atoms with Gasteiger partial charge in [0.2, 0.25) is 17.7 Å². The van der Waals surface area contributed by atoms with E-state index in [2.05, 4.69) is 20.7 Å². The van der Waals surface area contributed by atoms with Crippen molar-refractivity contribution in [3.8, 4) is 0 Å². The van der Waals surface area contributed by atoms with Gasteiger partial charge in [0.25, 0.3) is 11.8 Å². The van der Waals surface area contributed by atoms with Crippen LogP contribution in [0.1, 0.15) is 25.7 Å². The van der Waals surface area contributed by atoms with Gasteiger partial charge in [-0.2, -0.15) is 0 Å². The van der Waals surface area contributed by atoms with Crippen molar-refractivity contribution in [1.82, 2.24) is 15.5 Å². The molecular weight excluding hydrogens is 356 g/mol. The van der Waals surface area contributed by atoms with Gasteiger partial charge in [-0.3, -0.25) is 34.2 Å². The molecular formula is C16H16N6O5. The molecule has 1 aliphatic carbocycles. The quantitative estimate of drug-likeness (QED) is 0.290. The highest BCUT2D eigenvalue weighted by molar-refractivity contribution is 6.23. The third-order valence-corrected chi connectivity index (χ3v) is 4.59. The number of azide groups is 1. The number of hydrogen-bond donors (Lipinski definition) is 2. The molecule has 11 nitrogen and oxygen atoms in total. The Morgan fingerprint density at radius 2 is 2.07 bits per heavy atom.